The summed E-state index contributed by atoms with van der Waals surface area (Å²) in [4.78, 5) is 13.5. The zero-order chi connectivity index (χ0) is 11.3. The molecule has 1 aliphatic heterocycles. The van der Waals surface area contributed by atoms with Gasteiger partial charge in [0.05, 0.1) is 6.04 Å². The Labute approximate surface area is 90.5 Å². The van der Waals surface area contributed by atoms with E-state index in [1.54, 1.807) is 6.92 Å². The van der Waals surface area contributed by atoms with Gasteiger partial charge in [-0.05, 0) is 19.8 Å². The molecule has 1 rings (SSSR count). The quantitative estimate of drug-likeness (QED) is 0.469. The molecule has 2 amide bonds. The lowest BCUT2D eigenvalue weighted by molar-refractivity contribution is 0.199. The summed E-state index contributed by atoms with van der Waals surface area (Å²) in [6, 6.07) is -0.472. The first kappa shape index (κ1) is 11.8. The van der Waals surface area contributed by atoms with Crippen LogP contribution in [-0.2, 0) is 0 Å². The molecule has 1 heterocycles. The number of amides is 2. The maximum absolute atomic E-state index is 11.7. The highest BCUT2D eigenvalue weighted by molar-refractivity contribution is 5.87. The Bertz CT molecular complexity index is 234. The molecule has 5 heteroatoms. The summed E-state index contributed by atoms with van der Waals surface area (Å²) in [7, 11) is 0. The second kappa shape index (κ2) is 5.58. The number of rotatable bonds is 2. The van der Waals surface area contributed by atoms with Gasteiger partial charge >= 0.3 is 6.03 Å². The van der Waals surface area contributed by atoms with E-state index in [2.05, 4.69) is 5.32 Å². The number of hydrogen-bond donors (Lipinski definition) is 3. The summed E-state index contributed by atoms with van der Waals surface area (Å²) in [6.07, 6.45) is 4.54. The first-order valence-corrected chi connectivity index (χ1v) is 5.50. The molecule has 0 aliphatic carbocycles. The normalized spacial score (nSPS) is 19.1. The van der Waals surface area contributed by atoms with Crippen LogP contribution in [0.5, 0.6) is 0 Å². The van der Waals surface area contributed by atoms with Crippen molar-refractivity contribution in [2.24, 2.45) is 5.73 Å². The van der Waals surface area contributed by atoms with Crippen LogP contribution in [0.25, 0.3) is 0 Å². The summed E-state index contributed by atoms with van der Waals surface area (Å²) < 4.78 is 0. The molecule has 0 aromatic heterocycles. The number of carbonyl (C=O) groups excluding carboxylic acids is 1. The van der Waals surface area contributed by atoms with Crippen LogP contribution in [-0.4, -0.2) is 35.9 Å². The Balaban J connectivity index is 2.41. The van der Waals surface area contributed by atoms with E-state index in [9.17, 15) is 4.79 Å². The van der Waals surface area contributed by atoms with Crippen LogP contribution in [0.4, 0.5) is 4.79 Å². The zero-order valence-electron chi connectivity index (χ0n) is 9.25. The van der Waals surface area contributed by atoms with Gasteiger partial charge < -0.3 is 16.0 Å². The van der Waals surface area contributed by atoms with Gasteiger partial charge in [0.2, 0.25) is 0 Å². The highest BCUT2D eigenvalue weighted by atomic mass is 16.2. The summed E-state index contributed by atoms with van der Waals surface area (Å²) in [5.74, 6) is -0.00169. The van der Waals surface area contributed by atoms with Crippen molar-refractivity contribution in [3.8, 4) is 0 Å². The Kier molecular flexibility index (Phi) is 4.39. The van der Waals surface area contributed by atoms with E-state index in [1.165, 1.54) is 12.8 Å². The van der Waals surface area contributed by atoms with Crippen LogP contribution >= 0.6 is 0 Å². The van der Waals surface area contributed by atoms with E-state index < -0.39 is 0 Å². The van der Waals surface area contributed by atoms with Crippen molar-refractivity contribution in [3.05, 3.63) is 0 Å². The van der Waals surface area contributed by atoms with Gasteiger partial charge in [-0.3, -0.25) is 5.41 Å². The standard InChI is InChI=1S/C10H20N4O/c1-8(9(11)12)13-10(15)14-6-4-2-3-5-7-14/h8H,2-7H2,1H3,(H3,11,12)(H,13,15). The SMILES string of the molecule is CC(NC(=O)N1CCCCCC1)C(=N)N. The monoisotopic (exact) mass is 212 g/mol. The molecule has 0 aromatic carbocycles. The molecule has 15 heavy (non-hydrogen) atoms. The van der Waals surface area contributed by atoms with E-state index in [1.807, 2.05) is 4.90 Å². The highest BCUT2D eigenvalue weighted by Crippen LogP contribution is 2.09. The van der Waals surface area contributed by atoms with E-state index in [-0.39, 0.29) is 17.9 Å². The van der Waals surface area contributed by atoms with Gasteiger partial charge in [0.15, 0.2) is 0 Å². The third kappa shape index (κ3) is 3.77. The minimum absolute atomic E-state index is 0.00169. The molecule has 86 valence electrons. The molecule has 0 spiro atoms. The number of nitrogens with two attached hydrogens (primary N) is 1. The molecule has 1 unspecified atom stereocenters. The molecule has 1 saturated heterocycles. The highest BCUT2D eigenvalue weighted by Gasteiger charge is 2.17. The maximum Gasteiger partial charge on any atom is 0.317 e. The fourth-order valence-electron chi connectivity index (χ4n) is 1.63. The van der Waals surface area contributed by atoms with Crippen molar-refractivity contribution < 1.29 is 4.79 Å². The van der Waals surface area contributed by atoms with Crippen molar-refractivity contribution in [2.75, 3.05) is 13.1 Å². The predicted molar refractivity (Wildman–Crippen MR) is 59.9 cm³/mol. The molecule has 4 N–H and O–H groups in total. The van der Waals surface area contributed by atoms with Crippen LogP contribution in [0.1, 0.15) is 32.6 Å². The average molecular weight is 212 g/mol. The van der Waals surface area contributed by atoms with Gasteiger partial charge in [0, 0.05) is 13.1 Å². The number of amidine groups is 1. The van der Waals surface area contributed by atoms with Gasteiger partial charge in [-0.1, -0.05) is 12.8 Å². The number of nitrogens with zero attached hydrogens (tertiary/aromatic N) is 1. The van der Waals surface area contributed by atoms with Crippen LogP contribution < -0.4 is 11.1 Å². The Morgan fingerprint density at radius 1 is 1.33 bits per heavy atom. The van der Waals surface area contributed by atoms with E-state index in [4.69, 9.17) is 11.1 Å². The lowest BCUT2D eigenvalue weighted by Crippen LogP contribution is -2.48. The average Bonchev–Trinajstić information content (AvgIpc) is 2.45. The summed E-state index contributed by atoms with van der Waals surface area (Å²) in [5, 5.41) is 9.91. The molecule has 0 radical (unpaired) electrons. The number of urea groups is 1. The Morgan fingerprint density at radius 2 is 1.87 bits per heavy atom. The van der Waals surface area contributed by atoms with Crippen LogP contribution in [0.15, 0.2) is 0 Å². The van der Waals surface area contributed by atoms with Gasteiger partial charge in [0.25, 0.3) is 0 Å². The molecule has 0 saturated carbocycles. The van der Waals surface area contributed by atoms with Crippen molar-refractivity contribution in [1.29, 1.82) is 5.41 Å². The maximum atomic E-state index is 11.7. The molecule has 0 bridgehead atoms. The van der Waals surface area contributed by atoms with Gasteiger partial charge in [-0.15, -0.1) is 0 Å². The Morgan fingerprint density at radius 3 is 2.33 bits per heavy atom. The fourth-order valence-corrected chi connectivity index (χ4v) is 1.63. The van der Waals surface area contributed by atoms with Crippen molar-refractivity contribution in [1.82, 2.24) is 10.2 Å². The van der Waals surface area contributed by atoms with Crippen molar-refractivity contribution >= 4 is 11.9 Å². The van der Waals surface area contributed by atoms with E-state index in [0.717, 1.165) is 25.9 Å². The third-order valence-corrected chi connectivity index (χ3v) is 2.70. The first-order chi connectivity index (χ1) is 7.11. The van der Waals surface area contributed by atoms with E-state index >= 15 is 0 Å². The zero-order valence-corrected chi connectivity index (χ0v) is 9.25. The number of likely N-dealkylation sites (tertiary alicyclic amines) is 1. The summed E-state index contributed by atoms with van der Waals surface area (Å²) in [6.45, 7) is 3.35. The molecular weight excluding hydrogens is 192 g/mol. The first-order valence-electron chi connectivity index (χ1n) is 5.50. The lowest BCUT2D eigenvalue weighted by Gasteiger charge is -2.23. The molecule has 1 aliphatic rings. The molecule has 5 nitrogen and oxygen atoms in total. The van der Waals surface area contributed by atoms with Gasteiger partial charge in [-0.25, -0.2) is 4.79 Å². The third-order valence-electron chi connectivity index (χ3n) is 2.70. The number of carbonyl (C=O) groups is 1. The smallest absolute Gasteiger partial charge is 0.317 e. The second-order valence-electron chi connectivity index (χ2n) is 4.03. The van der Waals surface area contributed by atoms with Gasteiger partial charge in [-0.2, -0.15) is 0 Å². The Hall–Kier alpha value is -1.26. The minimum Gasteiger partial charge on any atom is -0.386 e. The number of hydrogen-bond acceptors (Lipinski definition) is 2. The summed E-state index contributed by atoms with van der Waals surface area (Å²) in [5.41, 5.74) is 5.29. The fraction of sp³-hybridized carbons (Fsp3) is 0.800. The lowest BCUT2D eigenvalue weighted by atomic mass is 10.2. The van der Waals surface area contributed by atoms with Crippen LogP contribution in [0.3, 0.4) is 0 Å². The topological polar surface area (TPSA) is 82.2 Å². The number of nitrogens with one attached hydrogen (secondary N) is 2. The predicted octanol–water partition coefficient (Wildman–Crippen LogP) is 0.896. The van der Waals surface area contributed by atoms with Crippen molar-refractivity contribution in [2.45, 2.75) is 38.6 Å². The van der Waals surface area contributed by atoms with Gasteiger partial charge in [0.1, 0.15) is 5.84 Å². The minimum atomic E-state index is -0.374. The second-order valence-corrected chi connectivity index (χ2v) is 4.03. The van der Waals surface area contributed by atoms with E-state index in [0.29, 0.717) is 0 Å². The molecule has 1 atom stereocenters. The molecular formula is C10H20N4O. The van der Waals surface area contributed by atoms with Crippen molar-refractivity contribution in [3.63, 3.8) is 0 Å². The molecule has 0 aromatic rings. The summed E-state index contributed by atoms with van der Waals surface area (Å²) >= 11 is 0. The van der Waals surface area contributed by atoms with Crippen LogP contribution in [0.2, 0.25) is 0 Å². The molecule has 1 fully saturated rings. The van der Waals surface area contributed by atoms with Crippen LogP contribution in [0, 0.1) is 5.41 Å². The largest absolute Gasteiger partial charge is 0.386 e.